The third-order valence-electron chi connectivity index (χ3n) is 2.74. The summed E-state index contributed by atoms with van der Waals surface area (Å²) < 4.78 is 6.67. The lowest BCUT2D eigenvalue weighted by molar-refractivity contribution is -0.385. The van der Waals surface area contributed by atoms with Gasteiger partial charge in [-0.2, -0.15) is 0 Å². The quantitative estimate of drug-likeness (QED) is 0.671. The fourth-order valence-electron chi connectivity index (χ4n) is 1.81. The van der Waals surface area contributed by atoms with Gasteiger partial charge in [-0.3, -0.25) is 10.1 Å². The summed E-state index contributed by atoms with van der Waals surface area (Å²) in [6.07, 6.45) is 3.28. The van der Waals surface area contributed by atoms with Crippen molar-refractivity contribution in [1.29, 1.82) is 0 Å². The van der Waals surface area contributed by atoms with Crippen LogP contribution in [0.1, 0.15) is 11.4 Å². The molecule has 0 aliphatic heterocycles. The highest BCUT2D eigenvalue weighted by atomic mass is 35.5. The molecular formula is C12H14ClN3O4. The molecule has 0 saturated carbocycles. The van der Waals surface area contributed by atoms with E-state index in [-0.39, 0.29) is 30.5 Å². The van der Waals surface area contributed by atoms with Crippen molar-refractivity contribution in [3.63, 3.8) is 0 Å². The van der Waals surface area contributed by atoms with Crippen LogP contribution in [0.5, 0.6) is 5.75 Å². The Hall–Kier alpha value is -2.12. The Balaban J connectivity index is 0.00000200. The van der Waals surface area contributed by atoms with Crippen LogP contribution in [0.15, 0.2) is 30.6 Å². The van der Waals surface area contributed by atoms with Crippen LogP contribution in [0.25, 0.3) is 0 Å². The summed E-state index contributed by atoms with van der Waals surface area (Å²) in [5.41, 5.74) is 0.658. The molecule has 0 fully saturated rings. The second kappa shape index (κ2) is 6.88. The molecule has 0 saturated heterocycles. The molecule has 108 valence electrons. The van der Waals surface area contributed by atoms with Crippen LogP contribution in [0.4, 0.5) is 5.69 Å². The number of aliphatic hydroxyl groups excluding tert-OH is 1. The number of nitrogens with zero attached hydrogens (tertiary/aromatic N) is 3. The molecule has 20 heavy (non-hydrogen) atoms. The number of nitro benzene ring substituents is 1. The number of imidazole rings is 1. The van der Waals surface area contributed by atoms with E-state index in [0.29, 0.717) is 12.4 Å². The third-order valence-corrected chi connectivity index (χ3v) is 2.74. The summed E-state index contributed by atoms with van der Waals surface area (Å²) in [4.78, 5) is 14.4. The van der Waals surface area contributed by atoms with Gasteiger partial charge in [0.2, 0.25) is 0 Å². The van der Waals surface area contributed by atoms with Crippen LogP contribution in [0.2, 0.25) is 0 Å². The fraction of sp³-hybridized carbons (Fsp3) is 0.250. The minimum Gasteiger partial charge on any atom is -0.490 e. The van der Waals surface area contributed by atoms with Crippen LogP contribution < -0.4 is 4.74 Å². The van der Waals surface area contributed by atoms with E-state index in [4.69, 9.17) is 9.84 Å². The number of aromatic nitrogens is 2. The average Bonchev–Trinajstić information content (AvgIpc) is 2.85. The Morgan fingerprint density at radius 3 is 2.85 bits per heavy atom. The first-order valence-electron chi connectivity index (χ1n) is 5.58. The predicted molar refractivity (Wildman–Crippen MR) is 74.1 cm³/mol. The van der Waals surface area contributed by atoms with E-state index in [9.17, 15) is 10.1 Å². The second-order valence-electron chi connectivity index (χ2n) is 3.89. The first kappa shape index (κ1) is 15.9. The Bertz CT molecular complexity index is 600. The molecule has 1 aromatic heterocycles. The van der Waals surface area contributed by atoms with Crippen molar-refractivity contribution >= 4 is 18.1 Å². The van der Waals surface area contributed by atoms with E-state index >= 15 is 0 Å². The molecule has 2 rings (SSSR count). The van der Waals surface area contributed by atoms with Crippen LogP contribution in [-0.4, -0.2) is 26.7 Å². The fourth-order valence-corrected chi connectivity index (χ4v) is 1.81. The lowest BCUT2D eigenvalue weighted by Gasteiger charge is -2.07. The number of rotatable bonds is 5. The maximum atomic E-state index is 10.9. The van der Waals surface area contributed by atoms with Gasteiger partial charge in [0.05, 0.1) is 12.0 Å². The van der Waals surface area contributed by atoms with Gasteiger partial charge in [0.15, 0.2) is 5.75 Å². The molecule has 0 atom stereocenters. The zero-order chi connectivity index (χ0) is 13.8. The van der Waals surface area contributed by atoms with Gasteiger partial charge in [-0.15, -0.1) is 12.4 Å². The monoisotopic (exact) mass is 299 g/mol. The molecule has 1 aromatic carbocycles. The molecule has 0 spiro atoms. The summed E-state index contributed by atoms with van der Waals surface area (Å²) in [5.74, 6) is 0.736. The van der Waals surface area contributed by atoms with Gasteiger partial charge in [0.1, 0.15) is 12.4 Å². The van der Waals surface area contributed by atoms with Crippen LogP contribution in [0, 0.1) is 10.1 Å². The zero-order valence-electron chi connectivity index (χ0n) is 10.7. The lowest BCUT2D eigenvalue weighted by atomic mass is 10.2. The van der Waals surface area contributed by atoms with Crippen molar-refractivity contribution in [1.82, 2.24) is 9.55 Å². The number of halogens is 1. The van der Waals surface area contributed by atoms with E-state index in [2.05, 4.69) is 4.98 Å². The Morgan fingerprint density at radius 1 is 1.50 bits per heavy atom. The summed E-state index contributed by atoms with van der Waals surface area (Å²) >= 11 is 0. The molecule has 1 N–H and O–H groups in total. The first-order chi connectivity index (χ1) is 9.15. The summed E-state index contributed by atoms with van der Waals surface area (Å²) in [7, 11) is 1.39. The number of hydrogen-bond donors (Lipinski definition) is 1. The van der Waals surface area contributed by atoms with Crippen molar-refractivity contribution in [3.05, 3.63) is 52.1 Å². The van der Waals surface area contributed by atoms with E-state index in [0.717, 1.165) is 5.56 Å². The molecular weight excluding hydrogens is 286 g/mol. The normalized spacial score (nSPS) is 9.90. The Morgan fingerprint density at radius 2 is 2.25 bits per heavy atom. The smallest absolute Gasteiger partial charge is 0.311 e. The van der Waals surface area contributed by atoms with E-state index < -0.39 is 4.92 Å². The minimum atomic E-state index is -0.483. The zero-order valence-corrected chi connectivity index (χ0v) is 11.5. The number of ether oxygens (including phenoxy) is 1. The summed E-state index contributed by atoms with van der Waals surface area (Å²) in [5, 5.41) is 20.0. The van der Waals surface area contributed by atoms with Gasteiger partial charge in [0, 0.05) is 25.0 Å². The van der Waals surface area contributed by atoms with Crippen molar-refractivity contribution < 1.29 is 14.8 Å². The molecule has 0 bridgehead atoms. The Labute approximate surface area is 121 Å². The van der Waals surface area contributed by atoms with Crippen LogP contribution in [0.3, 0.4) is 0 Å². The molecule has 1 heterocycles. The largest absolute Gasteiger partial charge is 0.490 e. The van der Waals surface area contributed by atoms with Gasteiger partial charge in [-0.05, 0) is 11.6 Å². The highest BCUT2D eigenvalue weighted by molar-refractivity contribution is 5.85. The number of methoxy groups -OCH3 is 1. The van der Waals surface area contributed by atoms with Crippen molar-refractivity contribution in [2.24, 2.45) is 0 Å². The summed E-state index contributed by atoms with van der Waals surface area (Å²) in [6.45, 7) is 0.228. The molecule has 0 aliphatic rings. The highest BCUT2D eigenvalue weighted by Gasteiger charge is 2.15. The van der Waals surface area contributed by atoms with Crippen molar-refractivity contribution in [3.8, 4) is 5.75 Å². The number of nitro groups is 1. The molecule has 0 aliphatic carbocycles. The van der Waals surface area contributed by atoms with E-state index in [1.54, 1.807) is 29.1 Å². The highest BCUT2D eigenvalue weighted by Crippen LogP contribution is 2.27. The molecule has 8 heteroatoms. The topological polar surface area (TPSA) is 90.4 Å². The molecule has 2 aromatic rings. The van der Waals surface area contributed by atoms with Crippen molar-refractivity contribution in [2.45, 2.75) is 13.2 Å². The molecule has 7 nitrogen and oxygen atoms in total. The number of benzene rings is 1. The first-order valence-corrected chi connectivity index (χ1v) is 5.58. The van der Waals surface area contributed by atoms with Crippen LogP contribution in [-0.2, 0) is 13.2 Å². The Kier molecular flexibility index (Phi) is 5.48. The average molecular weight is 300 g/mol. The molecule has 0 radical (unpaired) electrons. The SMILES string of the molecule is COc1ccc(Cn2ccnc2CO)cc1[N+](=O)[O-].Cl. The number of aliphatic hydroxyl groups is 1. The van der Waals surface area contributed by atoms with Gasteiger partial charge in [-0.1, -0.05) is 6.07 Å². The minimum absolute atomic E-state index is 0. The van der Waals surface area contributed by atoms with E-state index in [1.807, 2.05) is 0 Å². The van der Waals surface area contributed by atoms with Gasteiger partial charge in [0.25, 0.3) is 0 Å². The number of hydrogen-bond acceptors (Lipinski definition) is 5. The molecule has 0 unspecified atom stereocenters. The maximum absolute atomic E-state index is 10.9. The van der Waals surface area contributed by atoms with Crippen LogP contribution >= 0.6 is 12.4 Å². The maximum Gasteiger partial charge on any atom is 0.311 e. The summed E-state index contributed by atoms with van der Waals surface area (Å²) in [6, 6.07) is 4.76. The van der Waals surface area contributed by atoms with E-state index in [1.165, 1.54) is 13.2 Å². The third kappa shape index (κ3) is 3.25. The van der Waals surface area contributed by atoms with Gasteiger partial charge in [-0.25, -0.2) is 4.98 Å². The van der Waals surface area contributed by atoms with Crippen molar-refractivity contribution in [2.75, 3.05) is 7.11 Å². The predicted octanol–water partition coefficient (Wildman–Crippen LogP) is 1.76. The van der Waals surface area contributed by atoms with Gasteiger partial charge < -0.3 is 14.4 Å². The lowest BCUT2D eigenvalue weighted by Crippen LogP contribution is -2.05. The molecule has 0 amide bonds. The van der Waals surface area contributed by atoms with Gasteiger partial charge >= 0.3 is 5.69 Å². The standard InChI is InChI=1S/C12H13N3O4.ClH/c1-19-11-3-2-9(6-10(11)15(17)18)7-14-5-4-13-12(14)8-16;/h2-6,16H,7-8H2,1H3;1H. The second-order valence-corrected chi connectivity index (χ2v) is 3.89.